The molecule has 0 unspecified atom stereocenters. The van der Waals surface area contributed by atoms with Gasteiger partial charge in [0.25, 0.3) is 5.91 Å². The van der Waals surface area contributed by atoms with Crippen LogP contribution in [0.5, 0.6) is 0 Å². The third kappa shape index (κ3) is 3.58. The highest BCUT2D eigenvalue weighted by Crippen LogP contribution is 2.19. The molecule has 1 fully saturated rings. The summed E-state index contributed by atoms with van der Waals surface area (Å²) in [7, 11) is 0. The first-order chi connectivity index (χ1) is 10.0. The van der Waals surface area contributed by atoms with Crippen molar-refractivity contribution in [2.75, 3.05) is 6.54 Å². The number of aliphatic hydroxyl groups excluding tert-OH is 1. The van der Waals surface area contributed by atoms with E-state index in [4.69, 9.17) is 0 Å². The molecule has 0 bridgehead atoms. The van der Waals surface area contributed by atoms with Crippen molar-refractivity contribution in [3.05, 3.63) is 35.6 Å². The first kappa shape index (κ1) is 15.4. The topological polar surface area (TPSA) is 69.6 Å². The summed E-state index contributed by atoms with van der Waals surface area (Å²) < 4.78 is 13.1. The van der Waals surface area contributed by atoms with Crippen molar-refractivity contribution in [1.29, 1.82) is 0 Å². The molecule has 1 saturated heterocycles. The summed E-state index contributed by atoms with van der Waals surface area (Å²) in [6.07, 6.45) is 1.27. The molecule has 2 rings (SSSR count). The lowest BCUT2D eigenvalue weighted by Crippen LogP contribution is -2.35. The smallest absolute Gasteiger partial charge is 0.324 e. The second kappa shape index (κ2) is 6.67. The van der Waals surface area contributed by atoms with Gasteiger partial charge in [-0.1, -0.05) is 31.9 Å². The number of carbonyl (C=O) groups excluding carboxylic acids is 2. The zero-order valence-corrected chi connectivity index (χ0v) is 11.9. The van der Waals surface area contributed by atoms with Crippen LogP contribution >= 0.6 is 0 Å². The number of rotatable bonds is 6. The van der Waals surface area contributed by atoms with E-state index < -0.39 is 24.0 Å². The second-order valence-corrected chi connectivity index (χ2v) is 5.16. The zero-order chi connectivity index (χ0) is 15.4. The minimum absolute atomic E-state index is 0.170. The highest BCUT2D eigenvalue weighted by atomic mass is 19.1. The quantitative estimate of drug-likeness (QED) is 0.788. The van der Waals surface area contributed by atoms with Crippen molar-refractivity contribution in [1.82, 2.24) is 10.2 Å². The van der Waals surface area contributed by atoms with Crippen LogP contribution in [0, 0.1) is 5.82 Å². The number of aliphatic hydroxyl groups is 1. The molecule has 1 heterocycles. The summed E-state index contributed by atoms with van der Waals surface area (Å²) in [5.41, 5.74) is 0.340. The minimum atomic E-state index is -1.10. The number of urea groups is 1. The van der Waals surface area contributed by atoms with Crippen molar-refractivity contribution in [3.8, 4) is 0 Å². The van der Waals surface area contributed by atoms with E-state index in [0.717, 1.165) is 17.7 Å². The number of β-amino-alcohol motifs (C(OH)–C–C–N with tert-alkyl or cyclic N) is 1. The number of nitrogens with one attached hydrogen (secondary N) is 1. The Bertz CT molecular complexity index is 535. The average Bonchev–Trinajstić information content (AvgIpc) is 2.72. The predicted molar refractivity (Wildman–Crippen MR) is 74.9 cm³/mol. The van der Waals surface area contributed by atoms with E-state index in [9.17, 15) is 19.1 Å². The summed E-state index contributed by atoms with van der Waals surface area (Å²) in [4.78, 5) is 24.9. The van der Waals surface area contributed by atoms with E-state index in [0.29, 0.717) is 12.0 Å². The van der Waals surface area contributed by atoms with Gasteiger partial charge in [-0.25, -0.2) is 9.18 Å². The van der Waals surface area contributed by atoms with Gasteiger partial charge in [0.05, 0.1) is 12.6 Å². The predicted octanol–water partition coefficient (Wildman–Crippen LogP) is 1.97. The van der Waals surface area contributed by atoms with E-state index in [1.54, 1.807) is 6.07 Å². The number of hydrogen-bond donors (Lipinski definition) is 2. The molecule has 1 aliphatic rings. The van der Waals surface area contributed by atoms with Crippen LogP contribution in [0.3, 0.4) is 0 Å². The van der Waals surface area contributed by atoms with Crippen molar-refractivity contribution >= 4 is 11.9 Å². The van der Waals surface area contributed by atoms with E-state index in [-0.39, 0.29) is 12.5 Å². The summed E-state index contributed by atoms with van der Waals surface area (Å²) in [6.45, 7) is 1.84. The van der Waals surface area contributed by atoms with Crippen molar-refractivity contribution in [3.63, 3.8) is 0 Å². The molecular formula is C15H19FN2O3. The molecular weight excluding hydrogens is 275 g/mol. The van der Waals surface area contributed by atoms with Gasteiger partial charge in [-0.2, -0.15) is 0 Å². The largest absolute Gasteiger partial charge is 0.387 e. The lowest BCUT2D eigenvalue weighted by atomic mass is 10.1. The fraction of sp³-hybridized carbons (Fsp3) is 0.467. The maximum atomic E-state index is 13.1. The molecule has 5 nitrogen and oxygen atoms in total. The van der Waals surface area contributed by atoms with Crippen LogP contribution in [0.25, 0.3) is 0 Å². The van der Waals surface area contributed by atoms with Crippen LogP contribution in [-0.2, 0) is 4.79 Å². The molecule has 2 atom stereocenters. The van der Waals surface area contributed by atoms with Crippen LogP contribution in [0.2, 0.25) is 0 Å². The first-order valence-electron chi connectivity index (χ1n) is 7.08. The summed E-state index contributed by atoms with van der Waals surface area (Å²) >= 11 is 0. The highest BCUT2D eigenvalue weighted by Gasteiger charge is 2.38. The van der Waals surface area contributed by atoms with Crippen LogP contribution in [-0.4, -0.2) is 34.5 Å². The van der Waals surface area contributed by atoms with Gasteiger partial charge >= 0.3 is 6.03 Å². The van der Waals surface area contributed by atoms with Crippen LogP contribution < -0.4 is 5.32 Å². The van der Waals surface area contributed by atoms with E-state index in [2.05, 4.69) is 5.32 Å². The SMILES string of the molecule is CCCC[C@H]1NC(=O)N(C[C@@H](O)c2cccc(F)c2)C1=O. The number of hydrogen-bond acceptors (Lipinski definition) is 3. The molecule has 0 spiro atoms. The van der Waals surface area contributed by atoms with Gasteiger partial charge < -0.3 is 10.4 Å². The zero-order valence-electron chi connectivity index (χ0n) is 11.9. The van der Waals surface area contributed by atoms with Crippen LogP contribution in [0.4, 0.5) is 9.18 Å². The van der Waals surface area contributed by atoms with Crippen LogP contribution in [0.15, 0.2) is 24.3 Å². The summed E-state index contributed by atoms with van der Waals surface area (Å²) in [5.74, 6) is -0.798. The molecule has 0 aromatic heterocycles. The lowest BCUT2D eigenvalue weighted by molar-refractivity contribution is -0.128. The number of unbranched alkanes of at least 4 members (excludes halogenated alkanes) is 1. The Labute approximate surface area is 122 Å². The molecule has 1 aromatic carbocycles. The number of benzene rings is 1. The molecule has 1 aromatic rings. The Morgan fingerprint density at radius 2 is 2.19 bits per heavy atom. The van der Waals surface area contributed by atoms with E-state index >= 15 is 0 Å². The fourth-order valence-corrected chi connectivity index (χ4v) is 2.35. The van der Waals surface area contributed by atoms with Crippen molar-refractivity contribution in [2.24, 2.45) is 0 Å². The third-order valence-electron chi connectivity index (χ3n) is 3.54. The van der Waals surface area contributed by atoms with Gasteiger partial charge in [0.2, 0.25) is 0 Å². The number of nitrogens with zero attached hydrogens (tertiary/aromatic N) is 1. The molecule has 6 heteroatoms. The monoisotopic (exact) mass is 294 g/mol. The van der Waals surface area contributed by atoms with Gasteiger partial charge in [0.1, 0.15) is 11.9 Å². The molecule has 2 N–H and O–H groups in total. The Balaban J connectivity index is 2.02. The summed E-state index contributed by atoms with van der Waals surface area (Å²) in [6, 6.07) is 4.47. The van der Waals surface area contributed by atoms with Gasteiger partial charge in [-0.3, -0.25) is 9.69 Å². The van der Waals surface area contributed by atoms with Gasteiger partial charge in [-0.05, 0) is 24.1 Å². The van der Waals surface area contributed by atoms with Crippen LogP contribution in [0.1, 0.15) is 37.9 Å². The second-order valence-electron chi connectivity index (χ2n) is 5.16. The minimum Gasteiger partial charge on any atom is -0.387 e. The van der Waals surface area contributed by atoms with Gasteiger partial charge in [-0.15, -0.1) is 0 Å². The molecule has 3 amide bonds. The normalized spacial score (nSPS) is 19.8. The van der Waals surface area contributed by atoms with E-state index in [1.165, 1.54) is 18.2 Å². The van der Waals surface area contributed by atoms with E-state index in [1.807, 2.05) is 6.92 Å². The van der Waals surface area contributed by atoms with Crippen molar-refractivity contribution in [2.45, 2.75) is 38.3 Å². The maximum Gasteiger partial charge on any atom is 0.324 e. The number of amides is 3. The average molecular weight is 294 g/mol. The fourth-order valence-electron chi connectivity index (χ4n) is 2.35. The van der Waals surface area contributed by atoms with Gasteiger partial charge in [0, 0.05) is 0 Å². The number of imide groups is 1. The number of carbonyl (C=O) groups is 2. The number of halogens is 1. The highest BCUT2D eigenvalue weighted by molar-refractivity contribution is 6.04. The Morgan fingerprint density at radius 3 is 2.86 bits per heavy atom. The summed E-state index contributed by atoms with van der Waals surface area (Å²) in [5, 5.41) is 12.7. The molecule has 0 saturated carbocycles. The Hall–Kier alpha value is -1.95. The molecule has 0 aliphatic carbocycles. The van der Waals surface area contributed by atoms with Gasteiger partial charge in [0.15, 0.2) is 0 Å². The third-order valence-corrected chi connectivity index (χ3v) is 3.54. The molecule has 21 heavy (non-hydrogen) atoms. The molecule has 1 aliphatic heterocycles. The first-order valence-corrected chi connectivity index (χ1v) is 7.08. The lowest BCUT2D eigenvalue weighted by Gasteiger charge is -2.18. The standard InChI is InChI=1S/C15H19FN2O3/c1-2-3-7-12-14(20)18(15(21)17-12)9-13(19)10-5-4-6-11(16)8-10/h4-6,8,12-13,19H,2-3,7,9H2,1H3,(H,17,21)/t12-,13-/m1/s1. The molecule has 114 valence electrons. The molecule has 0 radical (unpaired) electrons. The van der Waals surface area contributed by atoms with Crippen molar-refractivity contribution < 1.29 is 19.1 Å². The Morgan fingerprint density at radius 1 is 1.43 bits per heavy atom. The Kier molecular flexibility index (Phi) is 4.90. The maximum absolute atomic E-state index is 13.1.